The molecule has 2 unspecified atom stereocenters. The van der Waals surface area contributed by atoms with Gasteiger partial charge in [-0.1, -0.05) is 65.2 Å². The molecule has 3 rings (SSSR count). The van der Waals surface area contributed by atoms with E-state index in [0.717, 1.165) is 31.8 Å². The Kier molecular flexibility index (Phi) is 19.4. The molecule has 15 heteroatoms. The summed E-state index contributed by atoms with van der Waals surface area (Å²) in [6.45, 7) is 8.80. The average Bonchev–Trinajstić information content (AvgIpc) is 3.13. The van der Waals surface area contributed by atoms with Crippen LogP contribution in [-0.4, -0.2) is 121 Å². The maximum absolute atomic E-state index is 13.3. The smallest absolute Gasteiger partial charge is 0.330 e. The fourth-order valence-electron chi connectivity index (χ4n) is 6.74. The molecule has 0 aromatic rings. The lowest BCUT2D eigenvalue weighted by atomic mass is 9.74. The largest absolute Gasteiger partial charge is 0.466 e. The van der Waals surface area contributed by atoms with Gasteiger partial charge in [-0.25, -0.2) is 4.79 Å². The Morgan fingerprint density at radius 2 is 1.73 bits per heavy atom. The van der Waals surface area contributed by atoms with Gasteiger partial charge in [0.05, 0.1) is 51.0 Å². The van der Waals surface area contributed by atoms with Gasteiger partial charge in [0.15, 0.2) is 12.4 Å². The van der Waals surface area contributed by atoms with E-state index in [1.807, 2.05) is 0 Å². The third-order valence-electron chi connectivity index (χ3n) is 9.88. The topological polar surface area (TPSA) is 203 Å². The quantitative estimate of drug-likeness (QED) is 0.0798. The monoisotopic (exact) mass is 782 g/mol. The van der Waals surface area contributed by atoms with Crippen molar-refractivity contribution in [2.24, 2.45) is 5.41 Å². The molecule has 0 spiro atoms. The molecule has 0 amide bonds. The predicted molar refractivity (Wildman–Crippen MR) is 197 cm³/mol. The first-order valence-electron chi connectivity index (χ1n) is 19.4. The maximum Gasteiger partial charge on any atom is 0.330 e. The molecule has 0 aromatic carbocycles. The van der Waals surface area contributed by atoms with Crippen molar-refractivity contribution in [3.8, 4) is 0 Å². The number of aliphatic hydroxyl groups is 3. The highest BCUT2D eigenvalue weighted by Gasteiger charge is 2.57. The molecule has 312 valence electrons. The van der Waals surface area contributed by atoms with Crippen molar-refractivity contribution in [3.63, 3.8) is 0 Å². The molecule has 2 fully saturated rings. The van der Waals surface area contributed by atoms with Crippen molar-refractivity contribution >= 4 is 23.9 Å². The zero-order valence-corrected chi connectivity index (χ0v) is 32.8. The van der Waals surface area contributed by atoms with Gasteiger partial charge in [0.1, 0.15) is 12.7 Å². The minimum atomic E-state index is -2.35. The van der Waals surface area contributed by atoms with E-state index in [9.17, 15) is 34.5 Å². The molecular weight excluding hydrogens is 720 g/mol. The number of rotatable bonds is 13. The summed E-state index contributed by atoms with van der Waals surface area (Å²) in [5.74, 6) is -4.94. The Morgan fingerprint density at radius 3 is 2.44 bits per heavy atom. The Balaban J connectivity index is 2.04. The molecule has 2 saturated heterocycles. The predicted octanol–water partition coefficient (Wildman–Crippen LogP) is 3.89. The van der Waals surface area contributed by atoms with Gasteiger partial charge in [-0.05, 0) is 37.3 Å². The van der Waals surface area contributed by atoms with E-state index in [2.05, 4.69) is 13.5 Å². The Hall–Kier alpha value is -3.18. The van der Waals surface area contributed by atoms with Crippen LogP contribution in [0, 0.1) is 5.41 Å². The molecule has 0 aromatic heterocycles. The van der Waals surface area contributed by atoms with E-state index in [1.165, 1.54) is 13.2 Å². The van der Waals surface area contributed by atoms with Crippen LogP contribution in [-0.2, 0) is 57.1 Å². The second kappa shape index (κ2) is 23.1. The first kappa shape index (κ1) is 46.2. The van der Waals surface area contributed by atoms with Gasteiger partial charge in [0.25, 0.3) is 0 Å². The normalized spacial score (nSPS) is 32.0. The maximum atomic E-state index is 13.3. The summed E-state index contributed by atoms with van der Waals surface area (Å²) in [7, 11) is 1.19. The highest BCUT2D eigenvalue weighted by atomic mass is 16.7. The number of methoxy groups -OCH3 is 1. The summed E-state index contributed by atoms with van der Waals surface area (Å²) in [5, 5.41) is 33.4. The fourth-order valence-corrected chi connectivity index (χ4v) is 6.74. The molecule has 0 aliphatic carbocycles. The summed E-state index contributed by atoms with van der Waals surface area (Å²) in [5.41, 5.74) is -1.22. The van der Waals surface area contributed by atoms with Gasteiger partial charge in [0.2, 0.25) is 5.79 Å². The number of esters is 4. The molecule has 3 aliphatic rings. The minimum absolute atomic E-state index is 0.0516. The van der Waals surface area contributed by atoms with E-state index in [-0.39, 0.29) is 63.9 Å². The van der Waals surface area contributed by atoms with Gasteiger partial charge in [-0.15, -0.1) is 0 Å². The standard InChI is InChI=1S/C40H62O15/c1-6-8-9-10-11-12-33(43)54-38-27(21-34(44)48-5)20-31-24-32(26-41)51-36(46)22-28(42)14-18-49-19-15-29-23-30(25-35(45)50-17-7-2)53-37(52-29)13-16-39(3,4)40(38,47)55-31/h7,13,16,21,28-32,37-38,41-42,47H,2,6,8-12,14-15,17-20,22-26H2,1,3-5H3/b16-13+,27-21-/t28-,29?,30-,31+,32?,37-,38+,40-/m1/s1. The molecule has 3 aliphatic heterocycles. The number of unbranched alkanes of at least 4 members (excludes halogenated alkanes) is 4. The molecule has 55 heavy (non-hydrogen) atoms. The van der Waals surface area contributed by atoms with Crippen LogP contribution in [0.15, 0.2) is 36.5 Å². The zero-order chi connectivity index (χ0) is 40.4. The highest BCUT2D eigenvalue weighted by Crippen LogP contribution is 2.47. The van der Waals surface area contributed by atoms with Crippen molar-refractivity contribution in [2.75, 3.05) is 33.5 Å². The number of aliphatic hydroxyl groups excluding tert-OH is 2. The summed E-state index contributed by atoms with van der Waals surface area (Å²) >= 11 is 0. The van der Waals surface area contributed by atoms with Gasteiger partial charge in [-0.3, -0.25) is 14.4 Å². The number of hydrogen-bond acceptors (Lipinski definition) is 15. The lowest BCUT2D eigenvalue weighted by molar-refractivity contribution is -0.327. The SMILES string of the molecule is C=CCOC(=O)C[C@H]1CC2CCOCC[C@@H](O)CC(=O)OC(CO)C[C@@H]3C/C(=C/C(=O)OC)[C@H](OC(=O)CCCCCCC)[C@@](O)(O3)C(C)(C)/C=C/[C@H](O2)O1. The summed E-state index contributed by atoms with van der Waals surface area (Å²) < 4.78 is 46.1. The lowest BCUT2D eigenvalue weighted by Crippen LogP contribution is -2.62. The molecule has 3 N–H and O–H groups in total. The first-order chi connectivity index (χ1) is 26.2. The van der Waals surface area contributed by atoms with Gasteiger partial charge in [-0.2, -0.15) is 0 Å². The van der Waals surface area contributed by atoms with Gasteiger partial charge < -0.3 is 53.2 Å². The number of carbonyl (C=O) groups is 4. The molecule has 0 saturated carbocycles. The van der Waals surface area contributed by atoms with Crippen LogP contribution < -0.4 is 0 Å². The van der Waals surface area contributed by atoms with Gasteiger partial charge >= 0.3 is 23.9 Å². The van der Waals surface area contributed by atoms with Crippen LogP contribution in [0.1, 0.15) is 104 Å². The van der Waals surface area contributed by atoms with E-state index in [1.54, 1.807) is 26.0 Å². The van der Waals surface area contributed by atoms with Crippen LogP contribution in [0.2, 0.25) is 0 Å². The Morgan fingerprint density at radius 1 is 1.00 bits per heavy atom. The lowest BCUT2D eigenvalue weighted by Gasteiger charge is -2.51. The van der Waals surface area contributed by atoms with Crippen LogP contribution in [0.4, 0.5) is 0 Å². The van der Waals surface area contributed by atoms with Crippen molar-refractivity contribution < 1.29 is 72.4 Å². The average molecular weight is 783 g/mol. The minimum Gasteiger partial charge on any atom is -0.466 e. The summed E-state index contributed by atoms with van der Waals surface area (Å²) in [6, 6.07) is 0. The molecule has 3 heterocycles. The number of fused-ring (bicyclic) bond motifs is 4. The number of hydrogen-bond donors (Lipinski definition) is 3. The van der Waals surface area contributed by atoms with Crippen molar-refractivity contribution in [1.29, 1.82) is 0 Å². The van der Waals surface area contributed by atoms with Crippen molar-refractivity contribution in [2.45, 2.75) is 153 Å². The Labute approximate surface area is 324 Å². The molecule has 8 atom stereocenters. The van der Waals surface area contributed by atoms with Crippen LogP contribution in [0.25, 0.3) is 0 Å². The van der Waals surface area contributed by atoms with Crippen LogP contribution in [0.5, 0.6) is 0 Å². The van der Waals surface area contributed by atoms with Crippen molar-refractivity contribution in [1.82, 2.24) is 0 Å². The highest BCUT2D eigenvalue weighted by molar-refractivity contribution is 5.83. The van der Waals surface area contributed by atoms with Crippen molar-refractivity contribution in [3.05, 3.63) is 36.5 Å². The Bertz CT molecular complexity index is 1310. The summed E-state index contributed by atoms with van der Waals surface area (Å²) in [6.07, 6.45) is 3.96. The second-order valence-corrected chi connectivity index (χ2v) is 14.9. The molecule has 0 radical (unpaired) electrons. The fraction of sp³-hybridized carbons (Fsp3) is 0.750. The summed E-state index contributed by atoms with van der Waals surface area (Å²) in [4.78, 5) is 51.4. The number of ether oxygens (including phenoxy) is 8. The number of cyclic esters (lactones) is 1. The second-order valence-electron chi connectivity index (χ2n) is 14.9. The zero-order valence-electron chi connectivity index (χ0n) is 32.8. The molecule has 15 nitrogen and oxygen atoms in total. The van der Waals surface area contributed by atoms with E-state index < -0.39 is 84.6 Å². The molecule has 4 bridgehead atoms. The van der Waals surface area contributed by atoms with E-state index >= 15 is 0 Å². The third kappa shape index (κ3) is 15.0. The van der Waals surface area contributed by atoms with E-state index in [4.69, 9.17) is 37.9 Å². The van der Waals surface area contributed by atoms with Crippen LogP contribution in [0.3, 0.4) is 0 Å². The number of carbonyl (C=O) groups excluding carboxylic acids is 4. The first-order valence-corrected chi connectivity index (χ1v) is 19.4. The van der Waals surface area contributed by atoms with Crippen LogP contribution >= 0.6 is 0 Å². The molecular formula is C40H62O15. The van der Waals surface area contributed by atoms with Gasteiger partial charge in [0, 0.05) is 44.0 Å². The third-order valence-corrected chi connectivity index (χ3v) is 9.88. The van der Waals surface area contributed by atoms with E-state index in [0.29, 0.717) is 19.3 Å².